The normalized spacial score (nSPS) is 11.0. The Labute approximate surface area is 140 Å². The molecule has 23 heavy (non-hydrogen) atoms. The molecule has 2 aromatic carbocycles. The lowest BCUT2D eigenvalue weighted by atomic mass is 9.94. The number of hydrogen-bond donors (Lipinski definition) is 0. The highest BCUT2D eigenvalue weighted by atomic mass is 16.5. The molecule has 0 saturated heterocycles. The summed E-state index contributed by atoms with van der Waals surface area (Å²) in [6.45, 7) is 2.18. The lowest BCUT2D eigenvalue weighted by molar-refractivity contribution is 0.0481. The van der Waals surface area contributed by atoms with E-state index in [1.807, 2.05) is 0 Å². The fourth-order valence-electron chi connectivity index (χ4n) is 2.73. The molecule has 2 rings (SSSR count). The molecule has 0 aromatic heterocycles. The molecule has 0 bridgehead atoms. The summed E-state index contributed by atoms with van der Waals surface area (Å²) in [5.41, 5.74) is 2.82. The molecule has 0 spiro atoms. The predicted molar refractivity (Wildman–Crippen MR) is 95.7 cm³/mol. The second-order valence-electron chi connectivity index (χ2n) is 5.98. The minimum Gasteiger partial charge on any atom is -0.382 e. The molecule has 0 aliphatic carbocycles. The van der Waals surface area contributed by atoms with E-state index in [0.717, 1.165) is 19.4 Å². The third-order valence-electron chi connectivity index (χ3n) is 4.15. The van der Waals surface area contributed by atoms with Gasteiger partial charge in [-0.25, -0.2) is 0 Å². The molecule has 0 aliphatic heterocycles. The van der Waals surface area contributed by atoms with Gasteiger partial charge in [0.25, 0.3) is 0 Å². The van der Waals surface area contributed by atoms with Crippen LogP contribution in [0.2, 0.25) is 0 Å². The molecule has 0 radical (unpaired) electrons. The van der Waals surface area contributed by atoms with Crippen LogP contribution >= 0.6 is 0 Å². The summed E-state index contributed by atoms with van der Waals surface area (Å²) in [5, 5.41) is 0. The van der Waals surface area contributed by atoms with E-state index in [9.17, 15) is 0 Å². The van der Waals surface area contributed by atoms with E-state index in [2.05, 4.69) is 60.7 Å². The second-order valence-corrected chi connectivity index (χ2v) is 5.98. The minimum atomic E-state index is 0.590. The minimum absolute atomic E-state index is 0.590. The van der Waals surface area contributed by atoms with Gasteiger partial charge >= 0.3 is 0 Å². The Balaban J connectivity index is 1.80. The summed E-state index contributed by atoms with van der Waals surface area (Å²) in [7, 11) is 1.71. The lowest BCUT2D eigenvalue weighted by Gasteiger charge is -2.17. The Hall–Kier alpha value is -1.64. The SMILES string of the molecule is COCCOCC(CCc1ccccc1)CCc1ccccc1. The standard InChI is InChI=1S/C21H28O2/c1-22-16-17-23-18-21(14-12-19-8-4-2-5-9-19)15-13-20-10-6-3-7-11-20/h2-11,21H,12-18H2,1H3. The molecule has 0 N–H and O–H groups in total. The smallest absolute Gasteiger partial charge is 0.0700 e. The monoisotopic (exact) mass is 312 g/mol. The van der Waals surface area contributed by atoms with Gasteiger partial charge in [-0.3, -0.25) is 0 Å². The van der Waals surface area contributed by atoms with Gasteiger partial charge in [-0.2, -0.15) is 0 Å². The summed E-state index contributed by atoms with van der Waals surface area (Å²) < 4.78 is 10.8. The molecule has 0 fully saturated rings. The first-order chi connectivity index (χ1) is 11.4. The zero-order chi connectivity index (χ0) is 16.2. The van der Waals surface area contributed by atoms with Crippen LogP contribution in [0.1, 0.15) is 24.0 Å². The van der Waals surface area contributed by atoms with Crippen molar-refractivity contribution in [1.29, 1.82) is 0 Å². The molecule has 0 aliphatic rings. The van der Waals surface area contributed by atoms with E-state index in [1.54, 1.807) is 7.11 Å². The Morgan fingerprint density at radius 3 is 1.74 bits per heavy atom. The largest absolute Gasteiger partial charge is 0.382 e. The maximum absolute atomic E-state index is 5.79. The van der Waals surface area contributed by atoms with Crippen molar-refractivity contribution in [3.05, 3.63) is 71.8 Å². The van der Waals surface area contributed by atoms with Gasteiger partial charge in [-0.05, 0) is 42.7 Å². The van der Waals surface area contributed by atoms with Crippen molar-refractivity contribution in [3.8, 4) is 0 Å². The van der Waals surface area contributed by atoms with Crippen molar-refractivity contribution in [2.45, 2.75) is 25.7 Å². The van der Waals surface area contributed by atoms with Gasteiger partial charge in [0.15, 0.2) is 0 Å². The van der Waals surface area contributed by atoms with E-state index in [1.165, 1.54) is 24.0 Å². The van der Waals surface area contributed by atoms with Crippen LogP contribution in [0.3, 0.4) is 0 Å². The van der Waals surface area contributed by atoms with E-state index in [4.69, 9.17) is 9.47 Å². The maximum atomic E-state index is 5.79. The molecular weight excluding hydrogens is 284 g/mol. The fraction of sp³-hybridized carbons (Fsp3) is 0.429. The number of aryl methyl sites for hydroxylation is 2. The highest BCUT2D eigenvalue weighted by molar-refractivity contribution is 5.15. The van der Waals surface area contributed by atoms with Crippen molar-refractivity contribution in [1.82, 2.24) is 0 Å². The van der Waals surface area contributed by atoms with E-state index < -0.39 is 0 Å². The quantitative estimate of drug-likeness (QED) is 0.568. The molecule has 2 nitrogen and oxygen atoms in total. The number of hydrogen-bond acceptors (Lipinski definition) is 2. The van der Waals surface area contributed by atoms with Crippen LogP contribution in [-0.4, -0.2) is 26.9 Å². The molecule has 0 saturated carbocycles. The van der Waals surface area contributed by atoms with Gasteiger partial charge < -0.3 is 9.47 Å². The van der Waals surface area contributed by atoms with Gasteiger partial charge in [0.1, 0.15) is 0 Å². The first-order valence-electron chi connectivity index (χ1n) is 8.53. The topological polar surface area (TPSA) is 18.5 Å². The summed E-state index contributed by atoms with van der Waals surface area (Å²) in [5.74, 6) is 0.590. The van der Waals surface area contributed by atoms with Crippen molar-refractivity contribution in [3.63, 3.8) is 0 Å². The van der Waals surface area contributed by atoms with Crippen molar-refractivity contribution in [2.24, 2.45) is 5.92 Å². The highest BCUT2D eigenvalue weighted by Gasteiger charge is 2.10. The molecule has 0 amide bonds. The Morgan fingerprint density at radius 1 is 0.739 bits per heavy atom. The molecule has 2 aromatic rings. The van der Waals surface area contributed by atoms with E-state index >= 15 is 0 Å². The second kappa shape index (κ2) is 11.0. The van der Waals surface area contributed by atoms with Gasteiger partial charge in [0, 0.05) is 13.7 Å². The number of rotatable bonds is 11. The van der Waals surface area contributed by atoms with Crippen LogP contribution in [0.25, 0.3) is 0 Å². The lowest BCUT2D eigenvalue weighted by Crippen LogP contribution is -2.14. The number of benzene rings is 2. The number of methoxy groups -OCH3 is 1. The molecule has 0 heterocycles. The van der Waals surface area contributed by atoms with Crippen LogP contribution in [0, 0.1) is 5.92 Å². The van der Waals surface area contributed by atoms with E-state index in [0.29, 0.717) is 19.1 Å². The zero-order valence-corrected chi connectivity index (χ0v) is 14.1. The van der Waals surface area contributed by atoms with Gasteiger partial charge in [0.2, 0.25) is 0 Å². The van der Waals surface area contributed by atoms with Crippen molar-refractivity contribution < 1.29 is 9.47 Å². The highest BCUT2D eigenvalue weighted by Crippen LogP contribution is 2.17. The van der Waals surface area contributed by atoms with Gasteiger partial charge in [-0.1, -0.05) is 60.7 Å². The Bertz CT molecular complexity index is 466. The zero-order valence-electron chi connectivity index (χ0n) is 14.1. The summed E-state index contributed by atoms with van der Waals surface area (Å²) in [4.78, 5) is 0. The number of ether oxygens (including phenoxy) is 2. The molecule has 0 unspecified atom stereocenters. The van der Waals surface area contributed by atoms with Crippen LogP contribution in [0.5, 0.6) is 0 Å². The predicted octanol–water partition coefficient (Wildman–Crippen LogP) is 4.53. The molecule has 0 atom stereocenters. The fourth-order valence-corrected chi connectivity index (χ4v) is 2.73. The average molecular weight is 312 g/mol. The average Bonchev–Trinajstić information content (AvgIpc) is 2.62. The molecule has 2 heteroatoms. The van der Waals surface area contributed by atoms with Crippen molar-refractivity contribution in [2.75, 3.05) is 26.9 Å². The molecular formula is C21H28O2. The van der Waals surface area contributed by atoms with Crippen LogP contribution in [-0.2, 0) is 22.3 Å². The maximum Gasteiger partial charge on any atom is 0.0700 e. The first-order valence-corrected chi connectivity index (χ1v) is 8.53. The van der Waals surface area contributed by atoms with Gasteiger partial charge in [-0.15, -0.1) is 0 Å². The first kappa shape index (κ1) is 17.7. The third-order valence-corrected chi connectivity index (χ3v) is 4.15. The summed E-state index contributed by atoms with van der Waals surface area (Å²) >= 11 is 0. The Kier molecular flexibility index (Phi) is 8.46. The van der Waals surface area contributed by atoms with Crippen LogP contribution < -0.4 is 0 Å². The third kappa shape index (κ3) is 7.45. The van der Waals surface area contributed by atoms with Crippen LogP contribution in [0.4, 0.5) is 0 Å². The van der Waals surface area contributed by atoms with E-state index in [-0.39, 0.29) is 0 Å². The van der Waals surface area contributed by atoms with Gasteiger partial charge in [0.05, 0.1) is 13.2 Å². The summed E-state index contributed by atoms with van der Waals surface area (Å²) in [6.07, 6.45) is 4.58. The van der Waals surface area contributed by atoms with Crippen LogP contribution in [0.15, 0.2) is 60.7 Å². The Morgan fingerprint density at radius 2 is 1.26 bits per heavy atom. The van der Waals surface area contributed by atoms with Crippen molar-refractivity contribution >= 4 is 0 Å². The summed E-state index contributed by atoms with van der Waals surface area (Å²) in [6, 6.07) is 21.4. The molecule has 124 valence electrons.